The van der Waals surface area contributed by atoms with Crippen LogP contribution in [0.5, 0.6) is 11.5 Å². The highest BCUT2D eigenvalue weighted by Crippen LogP contribution is 2.45. The summed E-state index contributed by atoms with van der Waals surface area (Å²) < 4.78 is 11.1. The Bertz CT molecular complexity index is 884. The predicted molar refractivity (Wildman–Crippen MR) is 122 cm³/mol. The van der Waals surface area contributed by atoms with E-state index >= 15 is 0 Å². The van der Waals surface area contributed by atoms with Gasteiger partial charge in [0, 0.05) is 17.9 Å². The fourth-order valence-corrected chi connectivity index (χ4v) is 4.53. The van der Waals surface area contributed by atoms with Crippen LogP contribution in [0.1, 0.15) is 62.0 Å². The van der Waals surface area contributed by atoms with Crippen molar-refractivity contribution in [1.82, 2.24) is 0 Å². The zero-order valence-corrected chi connectivity index (χ0v) is 19.9. The molecule has 1 aromatic carbocycles. The molecular formula is C25H33ClO4. The zero-order chi connectivity index (χ0) is 22.6. The van der Waals surface area contributed by atoms with Gasteiger partial charge in [0.15, 0.2) is 6.29 Å². The molecule has 4 nitrogen and oxygen atoms in total. The van der Waals surface area contributed by atoms with Crippen LogP contribution in [0.15, 0.2) is 23.8 Å². The molecule has 2 rings (SSSR count). The summed E-state index contributed by atoms with van der Waals surface area (Å²) in [4.78, 5) is 23.9. The lowest BCUT2D eigenvalue weighted by atomic mass is 9.61. The molecule has 1 aromatic rings. The van der Waals surface area contributed by atoms with Gasteiger partial charge in [-0.3, -0.25) is 9.59 Å². The van der Waals surface area contributed by atoms with E-state index in [-0.39, 0.29) is 11.3 Å². The summed E-state index contributed by atoms with van der Waals surface area (Å²) in [5.41, 5.74) is 2.73. The van der Waals surface area contributed by atoms with Gasteiger partial charge in [-0.05, 0) is 43.6 Å². The summed E-state index contributed by atoms with van der Waals surface area (Å²) in [6.07, 6.45) is 9.19. The SMILES string of the molecule is COc1c(Cl)c(C)c(C=O)c(OC)c1C/C=C(C)/C=C/[C@@]1(C)[C@H](C)CCC(=O)[C@@H]1C. The first-order valence-electron chi connectivity index (χ1n) is 10.4. The van der Waals surface area contributed by atoms with Crippen LogP contribution < -0.4 is 9.47 Å². The van der Waals surface area contributed by atoms with Crippen molar-refractivity contribution in [2.45, 2.75) is 53.9 Å². The van der Waals surface area contributed by atoms with Gasteiger partial charge in [-0.15, -0.1) is 0 Å². The van der Waals surface area contributed by atoms with Crippen molar-refractivity contribution in [2.75, 3.05) is 14.2 Å². The quantitative estimate of drug-likeness (QED) is 0.382. The van der Waals surface area contributed by atoms with Crippen molar-refractivity contribution in [1.29, 1.82) is 0 Å². The van der Waals surface area contributed by atoms with E-state index in [4.69, 9.17) is 21.1 Å². The molecule has 5 heteroatoms. The number of hydrogen-bond donors (Lipinski definition) is 0. The Morgan fingerprint density at radius 2 is 1.87 bits per heavy atom. The van der Waals surface area contributed by atoms with Gasteiger partial charge < -0.3 is 9.47 Å². The highest BCUT2D eigenvalue weighted by Gasteiger charge is 2.41. The average Bonchev–Trinajstić information content (AvgIpc) is 2.73. The molecule has 3 atom stereocenters. The minimum absolute atomic E-state index is 0.0107. The minimum atomic E-state index is -0.155. The first-order chi connectivity index (χ1) is 14.1. The molecule has 164 valence electrons. The molecule has 0 bridgehead atoms. The van der Waals surface area contributed by atoms with E-state index in [1.165, 1.54) is 0 Å². The van der Waals surface area contributed by atoms with Gasteiger partial charge in [0.25, 0.3) is 0 Å². The molecule has 1 saturated carbocycles. The summed E-state index contributed by atoms with van der Waals surface area (Å²) in [6, 6.07) is 0. The first kappa shape index (κ1) is 24.2. The van der Waals surface area contributed by atoms with Crippen LogP contribution in [0.2, 0.25) is 5.02 Å². The molecule has 0 heterocycles. The molecule has 0 aromatic heterocycles. The summed E-state index contributed by atoms with van der Waals surface area (Å²) in [5.74, 6) is 1.81. The van der Waals surface area contributed by atoms with Crippen LogP contribution in [0.4, 0.5) is 0 Å². The second-order valence-electron chi connectivity index (χ2n) is 8.49. The molecule has 0 unspecified atom stereocenters. The smallest absolute Gasteiger partial charge is 0.154 e. The third kappa shape index (κ3) is 4.49. The standard InChI is InChI=1S/C25H33ClO4/c1-15(12-13-25(5)16(2)9-11-21(28)18(25)4)8-10-19-23(29-6)20(14-27)17(3)22(26)24(19)30-7/h8,12-14,16,18H,9-11H2,1-7H3/b13-12+,15-8+/t16-,18+,25+/m1/s1. The van der Waals surface area contributed by atoms with Crippen LogP contribution in [-0.2, 0) is 11.2 Å². The van der Waals surface area contributed by atoms with Crippen molar-refractivity contribution in [3.63, 3.8) is 0 Å². The fraction of sp³-hybridized carbons (Fsp3) is 0.520. The highest BCUT2D eigenvalue weighted by molar-refractivity contribution is 6.33. The first-order valence-corrected chi connectivity index (χ1v) is 10.8. The maximum Gasteiger partial charge on any atom is 0.154 e. The Morgan fingerprint density at radius 3 is 2.43 bits per heavy atom. The third-order valence-electron chi connectivity index (χ3n) is 6.89. The van der Waals surface area contributed by atoms with Gasteiger partial charge >= 0.3 is 0 Å². The lowest BCUT2D eigenvalue weighted by Gasteiger charge is -2.42. The summed E-state index contributed by atoms with van der Waals surface area (Å²) >= 11 is 6.45. The Labute approximate surface area is 185 Å². The summed E-state index contributed by atoms with van der Waals surface area (Å²) in [6.45, 7) is 10.2. The van der Waals surface area contributed by atoms with E-state index in [1.54, 1.807) is 21.1 Å². The number of aldehydes is 1. The van der Waals surface area contributed by atoms with E-state index < -0.39 is 0 Å². The van der Waals surface area contributed by atoms with E-state index in [9.17, 15) is 9.59 Å². The van der Waals surface area contributed by atoms with Crippen LogP contribution in [-0.4, -0.2) is 26.3 Å². The Hall–Kier alpha value is -2.07. The Balaban J connectivity index is 2.37. The van der Waals surface area contributed by atoms with Crippen molar-refractivity contribution in [3.8, 4) is 11.5 Å². The van der Waals surface area contributed by atoms with E-state index in [1.807, 2.05) is 13.8 Å². The average molecular weight is 433 g/mol. The second-order valence-corrected chi connectivity index (χ2v) is 8.87. The number of rotatable bonds is 7. The topological polar surface area (TPSA) is 52.6 Å². The predicted octanol–water partition coefficient (Wildman–Crippen LogP) is 6.16. The molecular weight excluding hydrogens is 400 g/mol. The minimum Gasteiger partial charge on any atom is -0.496 e. The van der Waals surface area contributed by atoms with Gasteiger partial charge in [0.1, 0.15) is 17.3 Å². The third-order valence-corrected chi connectivity index (χ3v) is 7.34. The van der Waals surface area contributed by atoms with Gasteiger partial charge in [0.05, 0.1) is 24.8 Å². The Morgan fingerprint density at radius 1 is 1.23 bits per heavy atom. The number of Topliss-reactive ketones (excluding diaryl/α,β-unsaturated/α-hetero) is 1. The number of halogens is 1. The molecule has 0 amide bonds. The molecule has 0 spiro atoms. The van der Waals surface area contributed by atoms with Crippen molar-refractivity contribution < 1.29 is 19.1 Å². The lowest BCUT2D eigenvalue weighted by Crippen LogP contribution is -2.40. The molecule has 30 heavy (non-hydrogen) atoms. The van der Waals surface area contributed by atoms with Gasteiger partial charge in [-0.1, -0.05) is 56.2 Å². The van der Waals surface area contributed by atoms with E-state index in [0.717, 1.165) is 23.8 Å². The largest absolute Gasteiger partial charge is 0.496 e. The van der Waals surface area contributed by atoms with Crippen molar-refractivity contribution >= 4 is 23.7 Å². The van der Waals surface area contributed by atoms with Crippen molar-refractivity contribution in [2.24, 2.45) is 17.3 Å². The maximum absolute atomic E-state index is 12.3. The Kier molecular flexibility index (Phi) is 7.93. The summed E-state index contributed by atoms with van der Waals surface area (Å²) in [7, 11) is 3.10. The number of hydrogen-bond acceptors (Lipinski definition) is 4. The van der Waals surface area contributed by atoms with Gasteiger partial charge in [-0.2, -0.15) is 0 Å². The van der Waals surface area contributed by atoms with Gasteiger partial charge in [-0.25, -0.2) is 0 Å². The molecule has 1 fully saturated rings. The molecule has 1 aliphatic carbocycles. The number of allylic oxidation sites excluding steroid dienone is 4. The van der Waals surface area contributed by atoms with Crippen LogP contribution in [0.3, 0.4) is 0 Å². The molecule has 0 saturated heterocycles. The zero-order valence-electron chi connectivity index (χ0n) is 19.1. The monoisotopic (exact) mass is 432 g/mol. The van der Waals surface area contributed by atoms with Crippen LogP contribution in [0.25, 0.3) is 0 Å². The van der Waals surface area contributed by atoms with Gasteiger partial charge in [0.2, 0.25) is 0 Å². The number of carbonyl (C=O) groups is 2. The second kappa shape index (κ2) is 9.82. The number of ketones is 1. The normalized spacial score (nSPS) is 24.9. The molecule has 0 aliphatic heterocycles. The van der Waals surface area contributed by atoms with Crippen LogP contribution >= 0.6 is 11.6 Å². The highest BCUT2D eigenvalue weighted by atomic mass is 35.5. The number of benzene rings is 1. The fourth-order valence-electron chi connectivity index (χ4n) is 4.24. The van der Waals surface area contributed by atoms with Crippen molar-refractivity contribution in [3.05, 3.63) is 45.5 Å². The number of ether oxygens (including phenoxy) is 2. The van der Waals surface area contributed by atoms with E-state index in [2.05, 4.69) is 32.1 Å². The molecule has 1 aliphatic rings. The lowest BCUT2D eigenvalue weighted by molar-refractivity contribution is -0.129. The summed E-state index contributed by atoms with van der Waals surface area (Å²) in [5, 5.41) is 0.424. The number of carbonyl (C=O) groups excluding carboxylic acids is 2. The molecule has 0 N–H and O–H groups in total. The number of methoxy groups -OCH3 is 2. The van der Waals surface area contributed by atoms with Crippen LogP contribution in [0, 0.1) is 24.2 Å². The molecule has 0 radical (unpaired) electrons. The van der Waals surface area contributed by atoms with E-state index in [0.29, 0.717) is 52.2 Å². The maximum atomic E-state index is 12.3.